The summed E-state index contributed by atoms with van der Waals surface area (Å²) in [6, 6.07) is 1.72. The van der Waals surface area contributed by atoms with Crippen LogP contribution in [0.4, 0.5) is 0 Å². The Morgan fingerprint density at radius 1 is 1.29 bits per heavy atom. The Morgan fingerprint density at radius 2 is 2.10 bits per heavy atom. The molecule has 0 bridgehead atoms. The van der Waals surface area contributed by atoms with Crippen molar-refractivity contribution >= 4 is 23.0 Å². The molecule has 4 heteroatoms. The first-order chi connectivity index (χ1) is 10.2. The van der Waals surface area contributed by atoms with Crippen LogP contribution in [-0.4, -0.2) is 10.9 Å². The monoisotopic (exact) mass is 306 g/mol. The van der Waals surface area contributed by atoms with Crippen molar-refractivity contribution in [2.24, 2.45) is 0 Å². The number of unbranched alkanes of at least 4 members (excludes halogenated alkanes) is 4. The predicted octanol–water partition coefficient (Wildman–Crippen LogP) is 4.44. The lowest BCUT2D eigenvalue weighted by Crippen LogP contribution is -2.15. The Labute approximate surface area is 129 Å². The molecular weight excluding hydrogens is 284 g/mol. The first kappa shape index (κ1) is 16.1. The van der Waals surface area contributed by atoms with Crippen molar-refractivity contribution in [2.45, 2.75) is 51.9 Å². The topological polar surface area (TPSA) is 47.3 Å². The van der Waals surface area contributed by atoms with Crippen molar-refractivity contribution < 1.29 is 9.21 Å². The molecule has 0 N–H and O–H groups in total. The van der Waals surface area contributed by atoms with Crippen LogP contribution in [0.1, 0.15) is 67.1 Å². The molecule has 0 saturated carbocycles. The second-order valence-electron chi connectivity index (χ2n) is 5.33. The van der Waals surface area contributed by atoms with E-state index in [-0.39, 0.29) is 10.7 Å². The summed E-state index contributed by atoms with van der Waals surface area (Å²) in [7, 11) is 0. The van der Waals surface area contributed by atoms with Gasteiger partial charge in [0.1, 0.15) is 11.3 Å². The molecule has 0 fully saturated rings. The molecule has 0 spiro atoms. The Morgan fingerprint density at radius 3 is 2.90 bits per heavy atom. The molecule has 0 unspecified atom stereocenters. The lowest BCUT2D eigenvalue weighted by molar-refractivity contribution is 0.108. The molecule has 3 nitrogen and oxygen atoms in total. The molecule has 2 rings (SSSR count). The summed E-state index contributed by atoms with van der Waals surface area (Å²) in [6.07, 6.45) is 11.4. The minimum atomic E-state index is -0.510. The Bertz CT molecular complexity index is 572. The van der Waals surface area contributed by atoms with Gasteiger partial charge in [0.2, 0.25) is 5.12 Å². The Kier molecular flexibility index (Phi) is 6.30. The fourth-order valence-electron chi connectivity index (χ4n) is 2.38. The summed E-state index contributed by atoms with van der Waals surface area (Å²) in [4.78, 5) is 24.0. The average Bonchev–Trinajstić information content (AvgIpc) is 2.49. The van der Waals surface area contributed by atoms with Gasteiger partial charge in [-0.05, 0) is 37.0 Å². The predicted molar refractivity (Wildman–Crippen MR) is 87.9 cm³/mol. The van der Waals surface area contributed by atoms with Gasteiger partial charge >= 0.3 is 5.63 Å². The highest BCUT2D eigenvalue weighted by Crippen LogP contribution is 2.20. The highest BCUT2D eigenvalue weighted by Gasteiger charge is 2.17. The van der Waals surface area contributed by atoms with E-state index in [4.69, 9.17) is 4.42 Å². The van der Waals surface area contributed by atoms with Crippen molar-refractivity contribution in [2.75, 3.05) is 5.75 Å². The number of allylic oxidation sites excluding steroid dienone is 1. The van der Waals surface area contributed by atoms with Crippen molar-refractivity contribution in [1.29, 1.82) is 0 Å². The van der Waals surface area contributed by atoms with Gasteiger partial charge in [-0.15, -0.1) is 0 Å². The van der Waals surface area contributed by atoms with E-state index in [1.54, 1.807) is 6.07 Å². The molecule has 1 heterocycles. The molecule has 1 aliphatic rings. The standard InChI is InChI=1S/C17H22O3S/c1-2-3-4-5-8-11-21-17(19)14-12-13-9-6-7-10-15(13)20-16(14)18/h7,10,12H,2-6,8-9,11H2,1H3. The quantitative estimate of drug-likeness (QED) is 0.699. The molecule has 0 amide bonds. The molecule has 0 aliphatic heterocycles. The molecule has 0 aromatic carbocycles. The molecule has 0 radical (unpaired) electrons. The van der Waals surface area contributed by atoms with E-state index in [0.717, 1.165) is 37.0 Å². The van der Waals surface area contributed by atoms with Crippen molar-refractivity contribution in [3.8, 4) is 0 Å². The van der Waals surface area contributed by atoms with Crippen LogP contribution < -0.4 is 5.63 Å². The van der Waals surface area contributed by atoms with E-state index in [1.807, 2.05) is 12.2 Å². The van der Waals surface area contributed by atoms with E-state index in [9.17, 15) is 9.59 Å². The van der Waals surface area contributed by atoms with Gasteiger partial charge in [-0.3, -0.25) is 4.79 Å². The van der Waals surface area contributed by atoms with Gasteiger partial charge in [0.05, 0.1) is 0 Å². The van der Waals surface area contributed by atoms with Crippen molar-refractivity contribution in [1.82, 2.24) is 0 Å². The third kappa shape index (κ3) is 4.60. The molecule has 1 aromatic rings. The van der Waals surface area contributed by atoms with E-state index >= 15 is 0 Å². The first-order valence-electron chi connectivity index (χ1n) is 7.73. The number of carbonyl (C=O) groups excluding carboxylic acids is 1. The normalized spacial score (nSPS) is 13.2. The van der Waals surface area contributed by atoms with Crippen LogP contribution in [0.15, 0.2) is 21.4 Å². The fourth-order valence-corrected chi connectivity index (χ4v) is 3.21. The number of fused-ring (bicyclic) bond motifs is 1. The van der Waals surface area contributed by atoms with E-state index in [2.05, 4.69) is 6.92 Å². The number of rotatable bonds is 7. The molecule has 21 heavy (non-hydrogen) atoms. The summed E-state index contributed by atoms with van der Waals surface area (Å²) < 4.78 is 5.23. The molecule has 1 aliphatic carbocycles. The van der Waals surface area contributed by atoms with Crippen LogP contribution in [-0.2, 0) is 6.42 Å². The largest absolute Gasteiger partial charge is 0.423 e. The third-order valence-corrected chi connectivity index (χ3v) is 4.58. The van der Waals surface area contributed by atoms with Gasteiger partial charge in [0.15, 0.2) is 0 Å². The lowest BCUT2D eigenvalue weighted by Gasteiger charge is -2.09. The highest BCUT2D eigenvalue weighted by molar-refractivity contribution is 8.14. The van der Waals surface area contributed by atoms with E-state index < -0.39 is 5.63 Å². The van der Waals surface area contributed by atoms with Crippen LogP contribution in [0, 0.1) is 0 Å². The van der Waals surface area contributed by atoms with Gasteiger partial charge in [-0.2, -0.15) is 0 Å². The van der Waals surface area contributed by atoms with Crippen LogP contribution >= 0.6 is 11.8 Å². The van der Waals surface area contributed by atoms with E-state index in [0.29, 0.717) is 5.76 Å². The zero-order valence-electron chi connectivity index (χ0n) is 12.5. The maximum absolute atomic E-state index is 12.1. The fraction of sp³-hybridized carbons (Fsp3) is 0.529. The highest BCUT2D eigenvalue weighted by atomic mass is 32.2. The van der Waals surface area contributed by atoms with Crippen molar-refractivity contribution in [3.05, 3.63) is 39.4 Å². The summed E-state index contributed by atoms with van der Waals surface area (Å²) in [5.41, 5.74) is 0.649. The van der Waals surface area contributed by atoms with Crippen LogP contribution in [0.25, 0.3) is 6.08 Å². The van der Waals surface area contributed by atoms with Crippen molar-refractivity contribution in [3.63, 3.8) is 0 Å². The molecule has 114 valence electrons. The molecule has 1 aromatic heterocycles. The Balaban J connectivity index is 1.91. The summed E-state index contributed by atoms with van der Waals surface area (Å²) >= 11 is 1.24. The summed E-state index contributed by atoms with van der Waals surface area (Å²) in [5, 5.41) is -0.156. The smallest absolute Gasteiger partial charge is 0.348 e. The number of carbonyl (C=O) groups is 1. The molecule has 0 atom stereocenters. The number of hydrogen-bond acceptors (Lipinski definition) is 4. The lowest BCUT2D eigenvalue weighted by atomic mass is 10.0. The van der Waals surface area contributed by atoms with Gasteiger partial charge in [0, 0.05) is 5.75 Å². The second kappa shape index (κ2) is 8.23. The maximum Gasteiger partial charge on any atom is 0.348 e. The third-order valence-electron chi connectivity index (χ3n) is 3.61. The minimum absolute atomic E-state index is 0.156. The molecular formula is C17H22O3S. The summed E-state index contributed by atoms with van der Waals surface area (Å²) in [5.74, 6) is 1.38. The van der Waals surface area contributed by atoms with Gasteiger partial charge in [-0.1, -0.05) is 50.4 Å². The first-order valence-corrected chi connectivity index (χ1v) is 8.71. The average molecular weight is 306 g/mol. The SMILES string of the molecule is CCCCCCCSC(=O)c1cc2c(oc1=O)C=CCC2. The van der Waals surface area contributed by atoms with E-state index in [1.165, 1.54) is 31.0 Å². The number of thioether (sulfide) groups is 1. The zero-order chi connectivity index (χ0) is 15.1. The van der Waals surface area contributed by atoms with Gasteiger partial charge < -0.3 is 4.42 Å². The van der Waals surface area contributed by atoms with Crippen LogP contribution in [0.2, 0.25) is 0 Å². The summed E-state index contributed by atoms with van der Waals surface area (Å²) in [6.45, 7) is 2.18. The second-order valence-corrected chi connectivity index (χ2v) is 6.40. The van der Waals surface area contributed by atoms with Crippen LogP contribution in [0.5, 0.6) is 0 Å². The van der Waals surface area contributed by atoms with Gasteiger partial charge in [-0.25, -0.2) is 4.79 Å². The van der Waals surface area contributed by atoms with Crippen LogP contribution in [0.3, 0.4) is 0 Å². The zero-order valence-corrected chi connectivity index (χ0v) is 13.3. The Hall–Kier alpha value is -1.29. The number of hydrogen-bond donors (Lipinski definition) is 0. The van der Waals surface area contributed by atoms with Gasteiger partial charge in [0.25, 0.3) is 0 Å². The molecule has 0 saturated heterocycles. The minimum Gasteiger partial charge on any atom is -0.423 e. The number of aryl methyl sites for hydroxylation is 1. The maximum atomic E-state index is 12.1.